The predicted octanol–water partition coefficient (Wildman–Crippen LogP) is 1.96. The van der Waals surface area contributed by atoms with E-state index in [-0.39, 0.29) is 12.0 Å². The number of ether oxygens (including phenoxy) is 1. The van der Waals surface area contributed by atoms with Crippen LogP contribution in [0.15, 0.2) is 23.1 Å². The van der Waals surface area contributed by atoms with E-state index in [9.17, 15) is 4.79 Å². The van der Waals surface area contributed by atoms with Crippen molar-refractivity contribution in [2.24, 2.45) is 0 Å². The van der Waals surface area contributed by atoms with E-state index >= 15 is 0 Å². The average molecular weight is 280 g/mol. The van der Waals surface area contributed by atoms with Gasteiger partial charge in [0.05, 0.1) is 11.9 Å². The monoisotopic (exact) mass is 280 g/mol. The molecular weight excluding hydrogens is 260 g/mol. The molecule has 1 atom stereocenters. The van der Waals surface area contributed by atoms with Gasteiger partial charge >= 0.3 is 0 Å². The van der Waals surface area contributed by atoms with Crippen LogP contribution in [0.4, 0.5) is 5.69 Å². The molecular formula is C14H20N2O2S. The number of thioether (sulfide) groups is 1. The lowest BCUT2D eigenvalue weighted by atomic mass is 10.2. The SMILES string of the molecule is Cc1ccc(N)c(SCC(=O)NCC2CCCO2)c1. The van der Waals surface area contributed by atoms with E-state index < -0.39 is 0 Å². The number of hydrogen-bond donors (Lipinski definition) is 2. The highest BCUT2D eigenvalue weighted by atomic mass is 32.2. The van der Waals surface area contributed by atoms with Crippen LogP contribution in [0.3, 0.4) is 0 Å². The van der Waals surface area contributed by atoms with Crippen molar-refractivity contribution >= 4 is 23.4 Å². The highest BCUT2D eigenvalue weighted by Crippen LogP contribution is 2.25. The summed E-state index contributed by atoms with van der Waals surface area (Å²) >= 11 is 1.47. The second-order valence-electron chi connectivity index (χ2n) is 4.77. The van der Waals surface area contributed by atoms with Gasteiger partial charge in [0.2, 0.25) is 5.91 Å². The van der Waals surface area contributed by atoms with E-state index in [2.05, 4.69) is 5.32 Å². The molecule has 0 saturated carbocycles. The lowest BCUT2D eigenvalue weighted by molar-refractivity contribution is -0.119. The maximum atomic E-state index is 11.7. The van der Waals surface area contributed by atoms with Crippen LogP contribution in [0, 0.1) is 6.92 Å². The fraction of sp³-hybridized carbons (Fsp3) is 0.500. The van der Waals surface area contributed by atoms with Gasteiger partial charge in [0.25, 0.3) is 0 Å². The third-order valence-corrected chi connectivity index (χ3v) is 4.15. The van der Waals surface area contributed by atoms with Crippen LogP contribution < -0.4 is 11.1 Å². The molecule has 1 unspecified atom stereocenters. The summed E-state index contributed by atoms with van der Waals surface area (Å²) in [5.41, 5.74) is 7.75. The number of benzene rings is 1. The summed E-state index contributed by atoms with van der Waals surface area (Å²) in [6.07, 6.45) is 2.32. The van der Waals surface area contributed by atoms with Crippen molar-refractivity contribution in [3.8, 4) is 0 Å². The summed E-state index contributed by atoms with van der Waals surface area (Å²) in [7, 11) is 0. The first-order chi connectivity index (χ1) is 9.15. The largest absolute Gasteiger partial charge is 0.398 e. The topological polar surface area (TPSA) is 64.4 Å². The maximum absolute atomic E-state index is 11.7. The molecule has 19 heavy (non-hydrogen) atoms. The number of nitrogen functional groups attached to an aromatic ring is 1. The molecule has 0 radical (unpaired) electrons. The minimum atomic E-state index is 0.0291. The third-order valence-electron chi connectivity index (χ3n) is 3.08. The normalized spacial score (nSPS) is 18.5. The van der Waals surface area contributed by atoms with Crippen molar-refractivity contribution in [3.63, 3.8) is 0 Å². The van der Waals surface area contributed by atoms with Gasteiger partial charge in [0, 0.05) is 23.7 Å². The minimum Gasteiger partial charge on any atom is -0.398 e. The number of carbonyl (C=O) groups excluding carboxylic acids is 1. The molecule has 0 aromatic heterocycles. The number of nitrogens with two attached hydrogens (primary N) is 1. The molecule has 1 aliphatic heterocycles. The molecule has 1 fully saturated rings. The van der Waals surface area contributed by atoms with Gasteiger partial charge in [-0.2, -0.15) is 0 Å². The number of rotatable bonds is 5. The van der Waals surface area contributed by atoms with Gasteiger partial charge in [-0.1, -0.05) is 6.07 Å². The molecule has 1 aromatic rings. The quantitative estimate of drug-likeness (QED) is 0.639. The molecule has 0 spiro atoms. The number of amides is 1. The van der Waals surface area contributed by atoms with Gasteiger partial charge in [0.15, 0.2) is 0 Å². The summed E-state index contributed by atoms with van der Waals surface area (Å²) in [6, 6.07) is 5.85. The molecule has 5 heteroatoms. The fourth-order valence-corrected chi connectivity index (χ4v) is 2.89. The smallest absolute Gasteiger partial charge is 0.230 e. The van der Waals surface area contributed by atoms with Gasteiger partial charge in [-0.05, 0) is 37.5 Å². The Morgan fingerprint density at radius 1 is 1.58 bits per heavy atom. The van der Waals surface area contributed by atoms with Crippen molar-refractivity contribution in [3.05, 3.63) is 23.8 Å². The van der Waals surface area contributed by atoms with E-state index in [4.69, 9.17) is 10.5 Å². The Labute approximate surface area is 118 Å². The first-order valence-electron chi connectivity index (χ1n) is 6.52. The first-order valence-corrected chi connectivity index (χ1v) is 7.51. The average Bonchev–Trinajstić information content (AvgIpc) is 2.90. The zero-order valence-electron chi connectivity index (χ0n) is 11.1. The Kier molecular flexibility index (Phi) is 5.10. The zero-order valence-corrected chi connectivity index (χ0v) is 12.0. The van der Waals surface area contributed by atoms with Gasteiger partial charge in [-0.25, -0.2) is 0 Å². The highest BCUT2D eigenvalue weighted by Gasteiger charge is 2.16. The second-order valence-corrected chi connectivity index (χ2v) is 5.79. The van der Waals surface area contributed by atoms with Crippen LogP contribution in [0.1, 0.15) is 18.4 Å². The molecule has 1 aliphatic rings. The Hall–Kier alpha value is -1.20. The van der Waals surface area contributed by atoms with Gasteiger partial charge < -0.3 is 15.8 Å². The zero-order chi connectivity index (χ0) is 13.7. The van der Waals surface area contributed by atoms with Crippen LogP contribution in [-0.4, -0.2) is 30.9 Å². The molecule has 1 aromatic carbocycles. The number of nitrogens with one attached hydrogen (secondary N) is 1. The number of aryl methyl sites for hydroxylation is 1. The molecule has 1 amide bonds. The summed E-state index contributed by atoms with van der Waals surface area (Å²) in [5, 5.41) is 2.90. The molecule has 2 rings (SSSR count). The summed E-state index contributed by atoms with van der Waals surface area (Å²) < 4.78 is 5.46. The molecule has 3 N–H and O–H groups in total. The first kappa shape index (κ1) is 14.2. The summed E-state index contributed by atoms with van der Waals surface area (Å²) in [5.74, 6) is 0.418. The Morgan fingerprint density at radius 2 is 2.42 bits per heavy atom. The standard InChI is InChI=1S/C14H20N2O2S/c1-10-4-5-12(15)13(7-10)19-9-14(17)16-8-11-3-2-6-18-11/h4-5,7,11H,2-3,6,8-9,15H2,1H3,(H,16,17). The van der Waals surface area contributed by atoms with Crippen LogP contribution >= 0.6 is 11.8 Å². The summed E-state index contributed by atoms with van der Waals surface area (Å²) in [6.45, 7) is 3.44. The molecule has 0 bridgehead atoms. The maximum Gasteiger partial charge on any atom is 0.230 e. The van der Waals surface area contributed by atoms with Gasteiger partial charge in [-0.15, -0.1) is 11.8 Å². The van der Waals surface area contributed by atoms with Crippen molar-refractivity contribution in [1.82, 2.24) is 5.32 Å². The summed E-state index contributed by atoms with van der Waals surface area (Å²) in [4.78, 5) is 12.7. The van der Waals surface area contributed by atoms with E-state index in [1.54, 1.807) is 0 Å². The number of anilines is 1. The van der Waals surface area contributed by atoms with E-state index in [0.717, 1.165) is 35.6 Å². The third kappa shape index (κ3) is 4.44. The van der Waals surface area contributed by atoms with Crippen molar-refractivity contribution in [2.75, 3.05) is 24.6 Å². The van der Waals surface area contributed by atoms with Gasteiger partial charge in [0.1, 0.15) is 0 Å². The molecule has 104 valence electrons. The van der Waals surface area contributed by atoms with Crippen LogP contribution in [-0.2, 0) is 9.53 Å². The highest BCUT2D eigenvalue weighted by molar-refractivity contribution is 8.00. The van der Waals surface area contributed by atoms with Crippen LogP contribution in [0.25, 0.3) is 0 Å². The van der Waals surface area contributed by atoms with Crippen molar-refractivity contribution < 1.29 is 9.53 Å². The second kappa shape index (κ2) is 6.82. The molecule has 1 heterocycles. The fourth-order valence-electron chi connectivity index (χ4n) is 1.99. The lowest BCUT2D eigenvalue weighted by Crippen LogP contribution is -2.32. The van der Waals surface area contributed by atoms with Crippen LogP contribution in [0.5, 0.6) is 0 Å². The predicted molar refractivity (Wildman–Crippen MR) is 78.3 cm³/mol. The molecule has 4 nitrogen and oxygen atoms in total. The van der Waals surface area contributed by atoms with E-state index in [1.165, 1.54) is 11.8 Å². The van der Waals surface area contributed by atoms with Crippen LogP contribution in [0.2, 0.25) is 0 Å². The Morgan fingerprint density at radius 3 is 3.16 bits per heavy atom. The number of hydrogen-bond acceptors (Lipinski definition) is 4. The molecule has 1 saturated heterocycles. The van der Waals surface area contributed by atoms with Crippen molar-refractivity contribution in [1.29, 1.82) is 0 Å². The lowest BCUT2D eigenvalue weighted by Gasteiger charge is -2.11. The molecule has 0 aliphatic carbocycles. The van der Waals surface area contributed by atoms with E-state index in [1.807, 2.05) is 25.1 Å². The Bertz CT molecular complexity index is 445. The van der Waals surface area contributed by atoms with E-state index in [0.29, 0.717) is 12.3 Å². The minimum absolute atomic E-state index is 0.0291. The Balaban J connectivity index is 1.74. The van der Waals surface area contributed by atoms with Crippen molar-refractivity contribution in [2.45, 2.75) is 30.8 Å². The van der Waals surface area contributed by atoms with Gasteiger partial charge in [-0.3, -0.25) is 4.79 Å². The number of carbonyl (C=O) groups is 1.